The quantitative estimate of drug-likeness (QED) is 0.806. The van der Waals surface area contributed by atoms with Crippen molar-refractivity contribution in [2.45, 2.75) is 51.5 Å². The molecule has 0 radical (unpaired) electrons. The molecule has 1 saturated heterocycles. The van der Waals surface area contributed by atoms with E-state index < -0.39 is 0 Å². The predicted molar refractivity (Wildman–Crippen MR) is 91.5 cm³/mol. The van der Waals surface area contributed by atoms with Crippen LogP contribution in [0.3, 0.4) is 0 Å². The van der Waals surface area contributed by atoms with Crippen LogP contribution >= 0.6 is 0 Å². The Kier molecular flexibility index (Phi) is 5.31. The van der Waals surface area contributed by atoms with E-state index in [0.717, 1.165) is 57.0 Å². The van der Waals surface area contributed by atoms with Crippen molar-refractivity contribution < 1.29 is 4.79 Å². The van der Waals surface area contributed by atoms with Gasteiger partial charge in [-0.05, 0) is 44.9 Å². The third-order valence-electron chi connectivity index (χ3n) is 4.58. The lowest BCUT2D eigenvalue weighted by atomic mass is 9.93. The molecule has 6 nitrogen and oxygen atoms in total. The van der Waals surface area contributed by atoms with Gasteiger partial charge in [0.15, 0.2) is 0 Å². The molecule has 1 aliphatic carbocycles. The first kappa shape index (κ1) is 16.0. The Morgan fingerprint density at radius 2 is 2.22 bits per heavy atom. The second-order valence-corrected chi connectivity index (χ2v) is 6.63. The molecule has 0 bridgehead atoms. The van der Waals surface area contributed by atoms with Gasteiger partial charge in [0.25, 0.3) is 0 Å². The van der Waals surface area contributed by atoms with Gasteiger partial charge in [0.05, 0.1) is 0 Å². The smallest absolute Gasteiger partial charge is 0.220 e. The Labute approximate surface area is 138 Å². The Morgan fingerprint density at radius 1 is 1.35 bits per heavy atom. The normalized spacial score (nSPS) is 21.1. The van der Waals surface area contributed by atoms with E-state index in [1.165, 1.54) is 6.42 Å². The highest BCUT2D eigenvalue weighted by molar-refractivity contribution is 5.76. The number of hydrogen-bond donors (Lipinski definition) is 2. The van der Waals surface area contributed by atoms with E-state index in [0.29, 0.717) is 18.4 Å². The van der Waals surface area contributed by atoms with Crippen molar-refractivity contribution in [2.24, 2.45) is 5.92 Å². The summed E-state index contributed by atoms with van der Waals surface area (Å²) < 4.78 is 0. The Bertz CT molecular complexity index is 531. The van der Waals surface area contributed by atoms with Crippen LogP contribution in [0.1, 0.15) is 45.4 Å². The van der Waals surface area contributed by atoms with Crippen LogP contribution in [-0.4, -0.2) is 41.6 Å². The number of nitrogens with zero attached hydrogens (tertiary/aromatic N) is 3. The van der Waals surface area contributed by atoms with Crippen molar-refractivity contribution >= 4 is 17.5 Å². The zero-order chi connectivity index (χ0) is 16.1. The molecule has 2 fully saturated rings. The average molecular weight is 317 g/mol. The van der Waals surface area contributed by atoms with E-state index in [4.69, 9.17) is 0 Å². The first-order valence-corrected chi connectivity index (χ1v) is 8.85. The third-order valence-corrected chi connectivity index (χ3v) is 4.58. The summed E-state index contributed by atoms with van der Waals surface area (Å²) in [7, 11) is 0. The Balaban J connectivity index is 1.50. The zero-order valence-corrected chi connectivity index (χ0v) is 13.9. The number of anilines is 2. The van der Waals surface area contributed by atoms with Gasteiger partial charge in [0, 0.05) is 38.2 Å². The molecule has 6 heteroatoms. The summed E-state index contributed by atoms with van der Waals surface area (Å²) in [6.07, 6.45) is 7.94. The summed E-state index contributed by atoms with van der Waals surface area (Å²) in [5, 5.41) is 6.31. The van der Waals surface area contributed by atoms with Gasteiger partial charge in [-0.25, -0.2) is 9.97 Å². The fourth-order valence-corrected chi connectivity index (χ4v) is 3.17. The minimum Gasteiger partial charge on any atom is -0.370 e. The number of piperidine rings is 1. The highest BCUT2D eigenvalue weighted by Crippen LogP contribution is 2.26. The molecule has 3 rings (SSSR count). The van der Waals surface area contributed by atoms with Crippen molar-refractivity contribution in [1.82, 2.24) is 15.3 Å². The van der Waals surface area contributed by atoms with Gasteiger partial charge < -0.3 is 15.5 Å². The number of carbonyl (C=O) groups excluding carboxylic acids is 1. The topological polar surface area (TPSA) is 70.2 Å². The molecule has 1 aromatic heterocycles. The van der Waals surface area contributed by atoms with E-state index in [-0.39, 0.29) is 5.91 Å². The fourth-order valence-electron chi connectivity index (χ4n) is 3.17. The summed E-state index contributed by atoms with van der Waals surface area (Å²) >= 11 is 0. The molecule has 0 aromatic carbocycles. The molecule has 23 heavy (non-hydrogen) atoms. The SMILES string of the molecule is CCNc1cc(N2CCCC(CCC(=O)NC3CC3)C2)ncn1. The fraction of sp³-hybridized carbons (Fsp3) is 0.706. The van der Waals surface area contributed by atoms with E-state index in [1.54, 1.807) is 6.33 Å². The number of amides is 1. The van der Waals surface area contributed by atoms with E-state index in [2.05, 4.69) is 32.4 Å². The predicted octanol–water partition coefficient (Wildman–Crippen LogP) is 2.18. The molecule has 1 saturated carbocycles. The van der Waals surface area contributed by atoms with Crippen LogP contribution in [0.25, 0.3) is 0 Å². The minimum absolute atomic E-state index is 0.223. The van der Waals surface area contributed by atoms with Crippen LogP contribution in [-0.2, 0) is 4.79 Å². The maximum Gasteiger partial charge on any atom is 0.220 e. The maximum absolute atomic E-state index is 11.9. The highest BCUT2D eigenvalue weighted by Gasteiger charge is 2.25. The summed E-state index contributed by atoms with van der Waals surface area (Å²) in [6, 6.07) is 2.49. The molecule has 1 aromatic rings. The van der Waals surface area contributed by atoms with Crippen molar-refractivity contribution in [3.63, 3.8) is 0 Å². The van der Waals surface area contributed by atoms with Crippen LogP contribution in [0.15, 0.2) is 12.4 Å². The molecule has 1 unspecified atom stereocenters. The van der Waals surface area contributed by atoms with Gasteiger partial charge in [-0.1, -0.05) is 0 Å². The molecular weight excluding hydrogens is 290 g/mol. The summed E-state index contributed by atoms with van der Waals surface area (Å²) in [6.45, 7) is 4.94. The standard InChI is InChI=1S/C17H27N5O/c1-2-18-15-10-16(20-12-19-15)22-9-3-4-13(11-22)5-8-17(23)21-14-6-7-14/h10,12-14H,2-9,11H2,1H3,(H,21,23)(H,18,19,20). The van der Waals surface area contributed by atoms with Crippen LogP contribution in [0.5, 0.6) is 0 Å². The van der Waals surface area contributed by atoms with E-state index >= 15 is 0 Å². The first-order chi connectivity index (χ1) is 11.2. The molecule has 2 heterocycles. The maximum atomic E-state index is 11.9. The Hall–Kier alpha value is -1.85. The van der Waals surface area contributed by atoms with Crippen LogP contribution in [0.4, 0.5) is 11.6 Å². The number of rotatable bonds is 7. The first-order valence-electron chi connectivity index (χ1n) is 8.85. The van der Waals surface area contributed by atoms with Gasteiger partial charge in [-0.3, -0.25) is 4.79 Å². The molecular formula is C17H27N5O. The molecule has 1 aliphatic heterocycles. The van der Waals surface area contributed by atoms with Crippen molar-refractivity contribution in [2.75, 3.05) is 29.9 Å². The van der Waals surface area contributed by atoms with Crippen molar-refractivity contribution in [1.29, 1.82) is 0 Å². The monoisotopic (exact) mass is 317 g/mol. The molecule has 0 spiro atoms. The van der Waals surface area contributed by atoms with Crippen LogP contribution in [0.2, 0.25) is 0 Å². The number of nitrogens with one attached hydrogen (secondary N) is 2. The molecule has 2 aliphatic rings. The highest BCUT2D eigenvalue weighted by atomic mass is 16.1. The second kappa shape index (κ2) is 7.62. The summed E-state index contributed by atoms with van der Waals surface area (Å²) in [4.78, 5) is 22.8. The molecule has 1 atom stereocenters. The Morgan fingerprint density at radius 3 is 3.00 bits per heavy atom. The molecule has 1 amide bonds. The average Bonchev–Trinajstić information content (AvgIpc) is 3.38. The van der Waals surface area contributed by atoms with E-state index in [1.807, 2.05) is 6.07 Å². The summed E-state index contributed by atoms with van der Waals surface area (Å²) in [5.74, 6) is 2.67. The van der Waals surface area contributed by atoms with Crippen molar-refractivity contribution in [3.05, 3.63) is 12.4 Å². The van der Waals surface area contributed by atoms with E-state index in [9.17, 15) is 4.79 Å². The van der Waals surface area contributed by atoms with Gasteiger partial charge in [0.2, 0.25) is 5.91 Å². The third kappa shape index (κ3) is 4.81. The van der Waals surface area contributed by atoms with Gasteiger partial charge in [-0.2, -0.15) is 0 Å². The number of aromatic nitrogens is 2. The van der Waals surface area contributed by atoms with Crippen LogP contribution in [0, 0.1) is 5.92 Å². The largest absolute Gasteiger partial charge is 0.370 e. The molecule has 2 N–H and O–H groups in total. The summed E-state index contributed by atoms with van der Waals surface area (Å²) in [5.41, 5.74) is 0. The lowest BCUT2D eigenvalue weighted by Crippen LogP contribution is -2.36. The zero-order valence-electron chi connectivity index (χ0n) is 13.9. The molecule has 126 valence electrons. The van der Waals surface area contributed by atoms with Gasteiger partial charge >= 0.3 is 0 Å². The van der Waals surface area contributed by atoms with Crippen molar-refractivity contribution in [3.8, 4) is 0 Å². The van der Waals surface area contributed by atoms with Crippen LogP contribution < -0.4 is 15.5 Å². The lowest BCUT2D eigenvalue weighted by molar-refractivity contribution is -0.121. The lowest BCUT2D eigenvalue weighted by Gasteiger charge is -2.33. The number of carbonyl (C=O) groups is 1. The number of hydrogen-bond acceptors (Lipinski definition) is 5. The second-order valence-electron chi connectivity index (χ2n) is 6.63. The van der Waals surface area contributed by atoms with Gasteiger partial charge in [-0.15, -0.1) is 0 Å². The van der Waals surface area contributed by atoms with Gasteiger partial charge in [0.1, 0.15) is 18.0 Å². The minimum atomic E-state index is 0.223.